The predicted molar refractivity (Wildman–Crippen MR) is 159 cm³/mol. The average molecular weight is 648 g/mol. The number of sulfonamides is 1. The van der Waals surface area contributed by atoms with Crippen molar-refractivity contribution in [1.82, 2.24) is 10.2 Å². The van der Waals surface area contributed by atoms with Gasteiger partial charge in [0.25, 0.3) is 10.0 Å². The molecule has 0 bridgehead atoms. The molecule has 0 saturated heterocycles. The van der Waals surface area contributed by atoms with E-state index in [0.29, 0.717) is 12.2 Å². The number of rotatable bonds is 11. The Balaban J connectivity index is 1.99. The van der Waals surface area contributed by atoms with Gasteiger partial charge < -0.3 is 10.2 Å². The van der Waals surface area contributed by atoms with Crippen LogP contribution in [0.15, 0.2) is 83.8 Å². The fourth-order valence-corrected chi connectivity index (χ4v) is 5.69. The van der Waals surface area contributed by atoms with Gasteiger partial charge in [-0.15, -0.1) is 0 Å². The summed E-state index contributed by atoms with van der Waals surface area (Å²) in [5, 5.41) is 2.90. The Morgan fingerprint density at radius 3 is 2.18 bits per heavy atom. The third-order valence-electron chi connectivity index (χ3n) is 6.01. The van der Waals surface area contributed by atoms with Crippen LogP contribution in [0.5, 0.6) is 0 Å². The van der Waals surface area contributed by atoms with Gasteiger partial charge in [-0.25, -0.2) is 8.42 Å². The van der Waals surface area contributed by atoms with Crippen LogP contribution in [0.1, 0.15) is 31.9 Å². The van der Waals surface area contributed by atoms with Crippen LogP contribution in [-0.4, -0.2) is 44.3 Å². The van der Waals surface area contributed by atoms with Gasteiger partial charge in [0.1, 0.15) is 12.6 Å². The quantitative estimate of drug-likeness (QED) is 0.298. The Bertz CT molecular complexity index is 1350. The molecule has 0 unspecified atom stereocenters. The van der Waals surface area contributed by atoms with E-state index in [0.717, 1.165) is 19.0 Å². The highest BCUT2D eigenvalue weighted by molar-refractivity contribution is 14.1. The third kappa shape index (κ3) is 7.80. The topological polar surface area (TPSA) is 86.8 Å². The van der Waals surface area contributed by atoms with E-state index in [2.05, 4.69) is 27.9 Å². The molecule has 0 aliphatic rings. The van der Waals surface area contributed by atoms with Gasteiger partial charge in [0.2, 0.25) is 11.8 Å². The van der Waals surface area contributed by atoms with Gasteiger partial charge >= 0.3 is 0 Å². The van der Waals surface area contributed by atoms with Crippen molar-refractivity contribution < 1.29 is 18.0 Å². The highest BCUT2D eigenvalue weighted by Crippen LogP contribution is 2.25. The number of anilines is 1. The number of hydrogen-bond donors (Lipinski definition) is 1. The van der Waals surface area contributed by atoms with Crippen LogP contribution in [0.2, 0.25) is 0 Å². The van der Waals surface area contributed by atoms with E-state index in [1.807, 2.05) is 45.0 Å². The highest BCUT2D eigenvalue weighted by Gasteiger charge is 2.32. The first-order valence-electron chi connectivity index (χ1n) is 12.4. The maximum Gasteiger partial charge on any atom is 0.264 e. The predicted octanol–water partition coefficient (Wildman–Crippen LogP) is 4.98. The zero-order valence-electron chi connectivity index (χ0n) is 22.1. The summed E-state index contributed by atoms with van der Waals surface area (Å²) in [5.74, 6) is -0.511. The second kappa shape index (κ2) is 13.2. The molecule has 0 fully saturated rings. The van der Waals surface area contributed by atoms with Gasteiger partial charge in [0, 0.05) is 16.7 Å². The second-order valence-electron chi connectivity index (χ2n) is 9.63. The minimum atomic E-state index is -4.06. The van der Waals surface area contributed by atoms with E-state index >= 15 is 0 Å². The summed E-state index contributed by atoms with van der Waals surface area (Å²) in [6.45, 7) is 7.81. The molecular weight excluding hydrogens is 613 g/mol. The number of hydrogen-bond acceptors (Lipinski definition) is 4. The summed E-state index contributed by atoms with van der Waals surface area (Å²) in [6, 6.07) is 21.9. The van der Waals surface area contributed by atoms with Gasteiger partial charge in [0.05, 0.1) is 10.6 Å². The number of aryl methyl sites for hydroxylation is 1. The first kappa shape index (κ1) is 29.6. The zero-order valence-corrected chi connectivity index (χ0v) is 25.1. The molecule has 0 aliphatic carbocycles. The van der Waals surface area contributed by atoms with Crippen LogP contribution >= 0.6 is 22.6 Å². The number of carbonyl (C=O) groups is 2. The maximum absolute atomic E-state index is 13.9. The molecule has 0 aliphatic heterocycles. The normalized spacial score (nSPS) is 12.2. The van der Waals surface area contributed by atoms with Crippen molar-refractivity contribution in [3.8, 4) is 0 Å². The summed E-state index contributed by atoms with van der Waals surface area (Å²) < 4.78 is 29.5. The average Bonchev–Trinajstić information content (AvgIpc) is 2.89. The molecule has 0 aromatic heterocycles. The van der Waals surface area contributed by atoms with Crippen LogP contribution in [0.25, 0.3) is 0 Å². The number of nitrogens with one attached hydrogen (secondary N) is 1. The highest BCUT2D eigenvalue weighted by atomic mass is 127. The van der Waals surface area contributed by atoms with E-state index in [1.165, 1.54) is 17.0 Å². The summed E-state index contributed by atoms with van der Waals surface area (Å²) in [4.78, 5) is 28.4. The molecule has 7 nitrogen and oxygen atoms in total. The SMILES string of the molecule is Cc1cccc(CN(C(=O)CN(c2ccc(I)cc2)S(=O)(=O)c2ccccc2)[C@@H](C)C(=O)NCC(C)C)c1. The molecule has 0 heterocycles. The van der Waals surface area contributed by atoms with Gasteiger partial charge in [-0.05, 0) is 84.3 Å². The summed E-state index contributed by atoms with van der Waals surface area (Å²) in [6.07, 6.45) is 0. The first-order chi connectivity index (χ1) is 18.0. The lowest BCUT2D eigenvalue weighted by Crippen LogP contribution is -2.51. The minimum Gasteiger partial charge on any atom is -0.354 e. The Morgan fingerprint density at radius 2 is 1.58 bits per heavy atom. The molecular formula is C29H34IN3O4S. The Kier molecular flexibility index (Phi) is 10.3. The summed E-state index contributed by atoms with van der Waals surface area (Å²) in [5.41, 5.74) is 2.25. The summed E-state index contributed by atoms with van der Waals surface area (Å²) >= 11 is 2.14. The van der Waals surface area contributed by atoms with Crippen LogP contribution in [-0.2, 0) is 26.2 Å². The molecule has 3 rings (SSSR count). The van der Waals surface area contributed by atoms with Crippen molar-refractivity contribution in [2.75, 3.05) is 17.4 Å². The van der Waals surface area contributed by atoms with Gasteiger partial charge in [-0.1, -0.05) is 61.9 Å². The fourth-order valence-electron chi connectivity index (χ4n) is 3.90. The van der Waals surface area contributed by atoms with Crippen LogP contribution in [0.4, 0.5) is 5.69 Å². The monoisotopic (exact) mass is 647 g/mol. The van der Waals surface area contributed by atoms with Crippen molar-refractivity contribution in [3.63, 3.8) is 0 Å². The molecule has 3 aromatic carbocycles. The van der Waals surface area contributed by atoms with E-state index < -0.39 is 28.5 Å². The largest absolute Gasteiger partial charge is 0.354 e. The summed E-state index contributed by atoms with van der Waals surface area (Å²) in [7, 11) is -4.06. The number of carbonyl (C=O) groups excluding carboxylic acids is 2. The van der Waals surface area contributed by atoms with Crippen molar-refractivity contribution >= 4 is 50.1 Å². The molecule has 9 heteroatoms. The first-order valence-corrected chi connectivity index (χ1v) is 15.0. The lowest BCUT2D eigenvalue weighted by atomic mass is 10.1. The molecule has 38 heavy (non-hydrogen) atoms. The smallest absolute Gasteiger partial charge is 0.264 e. The van der Waals surface area contributed by atoms with Gasteiger partial charge in [0.15, 0.2) is 0 Å². The lowest BCUT2D eigenvalue weighted by Gasteiger charge is -2.32. The van der Waals surface area contributed by atoms with Crippen LogP contribution in [0, 0.1) is 16.4 Å². The number of benzene rings is 3. The van der Waals surface area contributed by atoms with E-state index in [9.17, 15) is 18.0 Å². The maximum atomic E-state index is 13.9. The van der Waals surface area contributed by atoms with Crippen molar-refractivity contribution in [1.29, 1.82) is 0 Å². The van der Waals surface area contributed by atoms with Crippen molar-refractivity contribution in [2.24, 2.45) is 5.92 Å². The van der Waals surface area contributed by atoms with Gasteiger partial charge in [-0.3, -0.25) is 13.9 Å². The van der Waals surface area contributed by atoms with E-state index in [4.69, 9.17) is 0 Å². The molecule has 1 atom stereocenters. The molecule has 0 spiro atoms. The lowest BCUT2D eigenvalue weighted by molar-refractivity contribution is -0.139. The Morgan fingerprint density at radius 1 is 0.921 bits per heavy atom. The number of halogens is 1. The zero-order chi connectivity index (χ0) is 27.9. The molecule has 3 aromatic rings. The standard InChI is InChI=1S/C29H34IN3O4S/c1-21(2)18-31-29(35)23(4)32(19-24-10-8-9-22(3)17-24)28(34)20-33(26-15-13-25(30)14-16-26)38(36,37)27-11-6-5-7-12-27/h5-17,21,23H,18-20H2,1-4H3,(H,31,35)/t23-/m0/s1. The molecule has 2 amide bonds. The number of nitrogens with zero attached hydrogens (tertiary/aromatic N) is 2. The third-order valence-corrected chi connectivity index (χ3v) is 8.52. The molecule has 1 N–H and O–H groups in total. The Labute approximate surface area is 239 Å². The van der Waals surface area contributed by atoms with Crippen LogP contribution < -0.4 is 9.62 Å². The van der Waals surface area contributed by atoms with Crippen molar-refractivity contribution in [3.05, 3.63) is 93.6 Å². The van der Waals surface area contributed by atoms with Gasteiger partial charge in [-0.2, -0.15) is 0 Å². The van der Waals surface area contributed by atoms with E-state index in [-0.39, 0.29) is 23.3 Å². The Hall–Kier alpha value is -2.92. The number of amides is 2. The second-order valence-corrected chi connectivity index (χ2v) is 12.7. The molecule has 0 saturated carbocycles. The van der Waals surface area contributed by atoms with Crippen molar-refractivity contribution in [2.45, 2.75) is 45.2 Å². The van der Waals surface area contributed by atoms with Crippen LogP contribution in [0.3, 0.4) is 0 Å². The molecule has 202 valence electrons. The molecule has 0 radical (unpaired) electrons. The van der Waals surface area contributed by atoms with E-state index in [1.54, 1.807) is 49.4 Å². The minimum absolute atomic E-state index is 0.0827. The fraction of sp³-hybridized carbons (Fsp3) is 0.310.